The highest BCUT2D eigenvalue weighted by Crippen LogP contribution is 2.57. The van der Waals surface area contributed by atoms with Gasteiger partial charge < -0.3 is 4.12 Å². The van der Waals surface area contributed by atoms with Crippen molar-refractivity contribution in [2.45, 2.75) is 177 Å². The minimum atomic E-state index is -1.73. The van der Waals surface area contributed by atoms with Crippen LogP contribution in [0.2, 0.25) is 34.3 Å². The molecule has 31 heavy (non-hydrogen) atoms. The molecular formula is C28H54OSi2. The van der Waals surface area contributed by atoms with E-state index in [1.165, 1.54) is 141 Å². The highest BCUT2D eigenvalue weighted by molar-refractivity contribution is 6.90. The molecule has 0 spiro atoms. The van der Waals surface area contributed by atoms with Crippen LogP contribution in [0.4, 0.5) is 0 Å². The number of rotatable bonds is 8. The zero-order valence-electron chi connectivity index (χ0n) is 21.3. The van der Waals surface area contributed by atoms with E-state index < -0.39 is 16.6 Å². The van der Waals surface area contributed by atoms with Crippen LogP contribution in [0.15, 0.2) is 0 Å². The maximum atomic E-state index is 8.36. The highest BCUT2D eigenvalue weighted by atomic mass is 28.4. The van der Waals surface area contributed by atoms with Crippen LogP contribution >= 0.6 is 0 Å². The molecule has 4 rings (SSSR count). The van der Waals surface area contributed by atoms with Gasteiger partial charge in [-0.25, -0.2) is 0 Å². The van der Waals surface area contributed by atoms with Crippen molar-refractivity contribution < 1.29 is 4.12 Å². The first kappa shape index (κ1) is 24.5. The predicted molar refractivity (Wildman–Crippen MR) is 141 cm³/mol. The molecule has 1 nitrogen and oxygen atoms in total. The molecule has 0 radical (unpaired) electrons. The zero-order valence-corrected chi connectivity index (χ0v) is 23.3. The second-order valence-corrected chi connectivity index (χ2v) is 21.4. The van der Waals surface area contributed by atoms with E-state index in [4.69, 9.17) is 4.12 Å². The molecule has 4 fully saturated rings. The smallest absolute Gasteiger partial charge is 0.185 e. The van der Waals surface area contributed by atoms with Gasteiger partial charge in [-0.15, -0.1) is 0 Å². The number of hydrogen-bond acceptors (Lipinski definition) is 1. The van der Waals surface area contributed by atoms with Crippen molar-refractivity contribution in [3.05, 3.63) is 0 Å². The molecule has 4 aliphatic rings. The fourth-order valence-corrected chi connectivity index (χ4v) is 24.9. The van der Waals surface area contributed by atoms with Gasteiger partial charge in [-0.05, 0) is 34.3 Å². The van der Waals surface area contributed by atoms with Crippen LogP contribution in [0, 0.1) is 0 Å². The molecule has 0 aliphatic heterocycles. The van der Waals surface area contributed by atoms with Crippen molar-refractivity contribution in [2.75, 3.05) is 0 Å². The molecule has 180 valence electrons. The molecule has 0 saturated heterocycles. The molecule has 0 atom stereocenters. The lowest BCUT2D eigenvalue weighted by molar-refractivity contribution is 0.335. The summed E-state index contributed by atoms with van der Waals surface area (Å²) < 4.78 is 8.36. The average Bonchev–Trinajstić information content (AvgIpc) is 2.87. The van der Waals surface area contributed by atoms with Gasteiger partial charge >= 0.3 is 0 Å². The van der Waals surface area contributed by atoms with Gasteiger partial charge in [-0.3, -0.25) is 0 Å². The maximum Gasteiger partial charge on any atom is 0.185 e. The Hall–Kier alpha value is 0.394. The van der Waals surface area contributed by atoms with Gasteiger partial charge in [0.1, 0.15) is 0 Å². The Morgan fingerprint density at radius 3 is 0.839 bits per heavy atom. The van der Waals surface area contributed by atoms with Crippen molar-refractivity contribution in [3.8, 4) is 0 Å². The SMILES string of the molecule is CC[Si](O[Si](CC)(C1CCCCC1)C1CCCCC1)(C1CCCCC1)C1CCCCC1. The second-order valence-electron chi connectivity index (χ2n) is 12.1. The third-order valence-electron chi connectivity index (χ3n) is 10.7. The Labute approximate surface area is 197 Å². The molecule has 0 aromatic carbocycles. The van der Waals surface area contributed by atoms with E-state index in [2.05, 4.69) is 13.8 Å². The molecule has 0 bridgehead atoms. The van der Waals surface area contributed by atoms with Gasteiger partial charge in [-0.1, -0.05) is 142 Å². The van der Waals surface area contributed by atoms with Gasteiger partial charge in [0.25, 0.3) is 0 Å². The number of hydrogen-bond donors (Lipinski definition) is 0. The molecule has 0 heterocycles. The summed E-state index contributed by atoms with van der Waals surface area (Å²) in [6.07, 6.45) is 30.2. The molecule has 0 N–H and O–H groups in total. The highest BCUT2D eigenvalue weighted by Gasteiger charge is 2.57. The van der Waals surface area contributed by atoms with Crippen molar-refractivity contribution in [3.63, 3.8) is 0 Å². The van der Waals surface area contributed by atoms with Crippen LogP contribution < -0.4 is 0 Å². The van der Waals surface area contributed by atoms with Crippen LogP contribution in [0.3, 0.4) is 0 Å². The van der Waals surface area contributed by atoms with Crippen molar-refractivity contribution in [1.82, 2.24) is 0 Å². The summed E-state index contributed by atoms with van der Waals surface area (Å²) >= 11 is 0. The monoisotopic (exact) mass is 462 g/mol. The van der Waals surface area contributed by atoms with E-state index in [1.54, 1.807) is 0 Å². The molecule has 4 aliphatic carbocycles. The topological polar surface area (TPSA) is 9.23 Å². The second kappa shape index (κ2) is 11.7. The third-order valence-corrected chi connectivity index (χ3v) is 23.8. The van der Waals surface area contributed by atoms with Crippen molar-refractivity contribution in [2.24, 2.45) is 0 Å². The minimum absolute atomic E-state index is 1.000. The van der Waals surface area contributed by atoms with E-state index in [-0.39, 0.29) is 0 Å². The normalized spacial score (nSPS) is 26.9. The molecule has 4 saturated carbocycles. The molecule has 3 heteroatoms. The predicted octanol–water partition coefficient (Wildman–Crippen LogP) is 10.3. The van der Waals surface area contributed by atoms with Gasteiger partial charge in [0.05, 0.1) is 0 Å². The Morgan fingerprint density at radius 2 is 0.645 bits per heavy atom. The van der Waals surface area contributed by atoms with Crippen LogP contribution in [-0.4, -0.2) is 16.6 Å². The minimum Gasteiger partial charge on any atom is -0.454 e. The van der Waals surface area contributed by atoms with Gasteiger partial charge in [0.15, 0.2) is 16.6 Å². The van der Waals surface area contributed by atoms with Gasteiger partial charge in [-0.2, -0.15) is 0 Å². The first-order valence-corrected chi connectivity index (χ1v) is 19.5. The fraction of sp³-hybridized carbons (Fsp3) is 1.00. The molecule has 0 aromatic rings. The first-order valence-electron chi connectivity index (χ1n) is 15.0. The Kier molecular flexibility index (Phi) is 9.25. The van der Waals surface area contributed by atoms with Gasteiger partial charge in [0.2, 0.25) is 0 Å². The first-order chi connectivity index (χ1) is 15.2. The van der Waals surface area contributed by atoms with Crippen molar-refractivity contribution >= 4 is 16.6 Å². The molecule has 0 aromatic heterocycles. The van der Waals surface area contributed by atoms with Gasteiger partial charge in [0, 0.05) is 0 Å². The zero-order chi connectivity index (χ0) is 21.6. The van der Waals surface area contributed by atoms with E-state index in [0.29, 0.717) is 0 Å². The Balaban J connectivity index is 1.71. The van der Waals surface area contributed by atoms with E-state index >= 15 is 0 Å². The standard InChI is InChI=1S/C28H54OSi2/c1-3-30(25-17-9-5-10-18-25,26-19-11-6-12-20-26)29-31(4-2,27-21-13-7-14-22-27)28-23-15-8-16-24-28/h25-28H,3-24H2,1-2H3. The van der Waals surface area contributed by atoms with E-state index in [1.807, 2.05) is 0 Å². The lowest BCUT2D eigenvalue weighted by Crippen LogP contribution is -2.61. The fourth-order valence-electron chi connectivity index (χ4n) is 9.02. The Morgan fingerprint density at radius 1 is 0.419 bits per heavy atom. The summed E-state index contributed by atoms with van der Waals surface area (Å²) in [4.78, 5) is 0. The van der Waals surface area contributed by atoms with Crippen molar-refractivity contribution in [1.29, 1.82) is 0 Å². The molecule has 0 amide bonds. The lowest BCUT2D eigenvalue weighted by Gasteiger charge is -2.56. The summed E-state index contributed by atoms with van der Waals surface area (Å²) in [5.41, 5.74) is 4.00. The largest absolute Gasteiger partial charge is 0.454 e. The van der Waals surface area contributed by atoms with Crippen LogP contribution in [0.5, 0.6) is 0 Å². The summed E-state index contributed by atoms with van der Waals surface area (Å²) in [5, 5.41) is 0. The van der Waals surface area contributed by atoms with Crippen LogP contribution in [0.25, 0.3) is 0 Å². The maximum absolute atomic E-state index is 8.36. The quantitative estimate of drug-likeness (QED) is 0.326. The van der Waals surface area contributed by atoms with Crippen LogP contribution in [-0.2, 0) is 4.12 Å². The van der Waals surface area contributed by atoms with E-state index in [0.717, 1.165) is 22.2 Å². The summed E-state index contributed by atoms with van der Waals surface area (Å²) in [5.74, 6) is 0. The summed E-state index contributed by atoms with van der Waals surface area (Å²) in [6.45, 7) is 5.21. The molecule has 0 unspecified atom stereocenters. The molecular weight excluding hydrogens is 408 g/mol. The Bertz CT molecular complexity index is 429. The summed E-state index contributed by atoms with van der Waals surface area (Å²) in [6, 6.07) is 2.88. The summed E-state index contributed by atoms with van der Waals surface area (Å²) in [7, 11) is -3.46. The van der Waals surface area contributed by atoms with E-state index in [9.17, 15) is 0 Å². The lowest BCUT2D eigenvalue weighted by atomic mass is 9.99. The third kappa shape index (κ3) is 5.24. The van der Waals surface area contributed by atoms with Crippen LogP contribution in [0.1, 0.15) is 142 Å². The average molecular weight is 463 g/mol.